The molecule has 0 aliphatic heterocycles. The smallest absolute Gasteiger partial charge is 0.166 e. The maximum Gasteiger partial charge on any atom is 0.166 e. The molecule has 2 heteroatoms. The summed E-state index contributed by atoms with van der Waals surface area (Å²) in [6, 6.07) is 5.74. The van der Waals surface area contributed by atoms with Gasteiger partial charge in [-0.3, -0.25) is 4.79 Å². The van der Waals surface area contributed by atoms with Crippen molar-refractivity contribution in [2.75, 3.05) is 7.11 Å². The molecule has 1 aromatic carbocycles. The lowest BCUT2D eigenvalue weighted by atomic mass is 9.89. The van der Waals surface area contributed by atoms with Gasteiger partial charge in [-0.25, -0.2) is 0 Å². The average molecular weight is 248 g/mol. The van der Waals surface area contributed by atoms with Crippen LogP contribution >= 0.6 is 0 Å². The highest BCUT2D eigenvalue weighted by atomic mass is 16.5. The third-order valence-electron chi connectivity index (χ3n) is 2.99. The van der Waals surface area contributed by atoms with Crippen molar-refractivity contribution >= 4 is 5.78 Å². The molecule has 1 rings (SSSR count). The molecule has 0 heterocycles. The summed E-state index contributed by atoms with van der Waals surface area (Å²) >= 11 is 0. The number of methoxy groups -OCH3 is 1. The first-order chi connectivity index (χ1) is 8.33. The van der Waals surface area contributed by atoms with Crippen molar-refractivity contribution in [2.24, 2.45) is 5.41 Å². The molecular formula is C16H24O2. The number of ketones is 1. The van der Waals surface area contributed by atoms with Gasteiger partial charge >= 0.3 is 0 Å². The van der Waals surface area contributed by atoms with E-state index in [2.05, 4.69) is 20.8 Å². The summed E-state index contributed by atoms with van der Waals surface area (Å²) in [5.74, 6) is 0.867. The molecule has 100 valence electrons. The molecular weight excluding hydrogens is 224 g/mol. The van der Waals surface area contributed by atoms with E-state index < -0.39 is 0 Å². The van der Waals surface area contributed by atoms with Gasteiger partial charge in [0, 0.05) is 6.42 Å². The molecule has 2 nitrogen and oxygen atoms in total. The van der Waals surface area contributed by atoms with Crippen LogP contribution in [0.4, 0.5) is 0 Å². The van der Waals surface area contributed by atoms with E-state index in [9.17, 15) is 4.79 Å². The lowest BCUT2D eigenvalue weighted by Gasteiger charge is -2.17. The van der Waals surface area contributed by atoms with Gasteiger partial charge in [0.15, 0.2) is 5.78 Å². The van der Waals surface area contributed by atoms with Gasteiger partial charge in [-0.15, -0.1) is 0 Å². The van der Waals surface area contributed by atoms with Crippen LogP contribution in [0.5, 0.6) is 5.75 Å². The summed E-state index contributed by atoms with van der Waals surface area (Å²) in [6.45, 7) is 8.59. The fourth-order valence-corrected chi connectivity index (χ4v) is 1.94. The largest absolute Gasteiger partial charge is 0.496 e. The van der Waals surface area contributed by atoms with Gasteiger partial charge in [0.1, 0.15) is 5.75 Å². The number of carbonyl (C=O) groups is 1. The first kappa shape index (κ1) is 14.7. The number of rotatable bonds is 5. The molecule has 0 atom stereocenters. The van der Waals surface area contributed by atoms with E-state index in [-0.39, 0.29) is 11.2 Å². The summed E-state index contributed by atoms with van der Waals surface area (Å²) in [5, 5.41) is 0. The first-order valence-corrected chi connectivity index (χ1v) is 6.51. The quantitative estimate of drug-likeness (QED) is 0.722. The Balaban J connectivity index is 2.67. The third-order valence-corrected chi connectivity index (χ3v) is 2.99. The van der Waals surface area contributed by atoms with Gasteiger partial charge < -0.3 is 4.74 Å². The highest BCUT2D eigenvalue weighted by Gasteiger charge is 2.14. The van der Waals surface area contributed by atoms with Crippen LogP contribution in [-0.4, -0.2) is 12.9 Å². The van der Waals surface area contributed by atoms with Crippen molar-refractivity contribution in [2.45, 2.75) is 47.0 Å². The third kappa shape index (κ3) is 4.52. The number of Topliss-reactive ketones (excluding diaryl/α,β-unsaturated/α-hetero) is 1. The SMILES string of the molecule is COc1cc(C)ccc1C(=O)CCCC(C)(C)C. The molecule has 0 saturated carbocycles. The Morgan fingerprint density at radius 1 is 1.28 bits per heavy atom. The Labute approximate surface area is 110 Å². The zero-order valence-corrected chi connectivity index (χ0v) is 12.2. The molecule has 0 spiro atoms. The van der Waals surface area contributed by atoms with Crippen LogP contribution in [0.2, 0.25) is 0 Å². The number of ether oxygens (including phenoxy) is 1. The minimum Gasteiger partial charge on any atom is -0.496 e. The van der Waals surface area contributed by atoms with Crippen LogP contribution in [0.1, 0.15) is 56.0 Å². The maximum absolute atomic E-state index is 12.1. The van der Waals surface area contributed by atoms with Crippen LogP contribution in [0, 0.1) is 12.3 Å². The van der Waals surface area contributed by atoms with E-state index in [0.29, 0.717) is 17.7 Å². The van der Waals surface area contributed by atoms with Gasteiger partial charge in [0.25, 0.3) is 0 Å². The highest BCUT2D eigenvalue weighted by molar-refractivity contribution is 5.98. The zero-order chi connectivity index (χ0) is 13.8. The van der Waals surface area contributed by atoms with Crippen LogP contribution < -0.4 is 4.74 Å². The minimum atomic E-state index is 0.177. The number of hydrogen-bond acceptors (Lipinski definition) is 2. The second kappa shape index (κ2) is 6.03. The Kier molecular flexibility index (Phi) is 4.94. The summed E-state index contributed by atoms with van der Waals surface area (Å²) in [7, 11) is 1.61. The van der Waals surface area contributed by atoms with E-state index in [4.69, 9.17) is 4.74 Å². The molecule has 0 amide bonds. The molecule has 0 N–H and O–H groups in total. The fraction of sp³-hybridized carbons (Fsp3) is 0.562. The van der Waals surface area contributed by atoms with Crippen LogP contribution in [0.3, 0.4) is 0 Å². The Hall–Kier alpha value is -1.31. The predicted molar refractivity (Wildman–Crippen MR) is 75.4 cm³/mol. The molecule has 0 aromatic heterocycles. The predicted octanol–water partition coefficient (Wildman–Crippen LogP) is 4.40. The first-order valence-electron chi connectivity index (χ1n) is 6.51. The number of hydrogen-bond donors (Lipinski definition) is 0. The van der Waals surface area contributed by atoms with E-state index in [0.717, 1.165) is 18.4 Å². The topological polar surface area (TPSA) is 26.3 Å². The standard InChI is InChI=1S/C16H24O2/c1-12-8-9-13(15(11-12)18-5)14(17)7-6-10-16(2,3)4/h8-9,11H,6-7,10H2,1-5H3. The van der Waals surface area contributed by atoms with E-state index in [1.165, 1.54) is 0 Å². The minimum absolute atomic E-state index is 0.177. The highest BCUT2D eigenvalue weighted by Crippen LogP contribution is 2.25. The van der Waals surface area contributed by atoms with E-state index in [1.54, 1.807) is 7.11 Å². The van der Waals surface area contributed by atoms with Crippen molar-refractivity contribution in [3.05, 3.63) is 29.3 Å². The van der Waals surface area contributed by atoms with Crippen LogP contribution in [0.25, 0.3) is 0 Å². The molecule has 0 aliphatic rings. The molecule has 0 radical (unpaired) electrons. The van der Waals surface area contributed by atoms with Gasteiger partial charge in [-0.05, 0) is 42.9 Å². The van der Waals surface area contributed by atoms with Crippen molar-refractivity contribution < 1.29 is 9.53 Å². The van der Waals surface area contributed by atoms with Crippen LogP contribution in [-0.2, 0) is 0 Å². The monoisotopic (exact) mass is 248 g/mol. The van der Waals surface area contributed by atoms with Gasteiger partial charge in [0.05, 0.1) is 12.7 Å². The Morgan fingerprint density at radius 2 is 1.94 bits per heavy atom. The summed E-state index contributed by atoms with van der Waals surface area (Å²) in [6.07, 6.45) is 2.59. The second-order valence-corrected chi connectivity index (χ2v) is 6.04. The summed E-state index contributed by atoms with van der Waals surface area (Å²) in [4.78, 5) is 12.1. The second-order valence-electron chi connectivity index (χ2n) is 6.04. The number of aryl methyl sites for hydroxylation is 1. The molecule has 1 aromatic rings. The molecule has 0 bridgehead atoms. The molecule has 0 unspecified atom stereocenters. The summed E-state index contributed by atoms with van der Waals surface area (Å²) < 4.78 is 5.27. The van der Waals surface area contributed by atoms with Crippen molar-refractivity contribution in [1.29, 1.82) is 0 Å². The van der Waals surface area contributed by atoms with E-state index >= 15 is 0 Å². The van der Waals surface area contributed by atoms with Crippen molar-refractivity contribution in [3.63, 3.8) is 0 Å². The van der Waals surface area contributed by atoms with E-state index in [1.807, 2.05) is 25.1 Å². The zero-order valence-electron chi connectivity index (χ0n) is 12.2. The molecule has 0 fully saturated rings. The average Bonchev–Trinajstić information content (AvgIpc) is 2.26. The Morgan fingerprint density at radius 3 is 2.50 bits per heavy atom. The maximum atomic E-state index is 12.1. The van der Waals surface area contributed by atoms with Gasteiger partial charge in [-0.2, -0.15) is 0 Å². The molecule has 18 heavy (non-hydrogen) atoms. The molecule has 0 saturated heterocycles. The van der Waals surface area contributed by atoms with Gasteiger partial charge in [-0.1, -0.05) is 26.8 Å². The fourth-order valence-electron chi connectivity index (χ4n) is 1.94. The number of carbonyl (C=O) groups excluding carboxylic acids is 1. The summed E-state index contributed by atoms with van der Waals surface area (Å²) in [5.41, 5.74) is 2.10. The van der Waals surface area contributed by atoms with Crippen LogP contribution in [0.15, 0.2) is 18.2 Å². The van der Waals surface area contributed by atoms with Gasteiger partial charge in [0.2, 0.25) is 0 Å². The van der Waals surface area contributed by atoms with Crippen molar-refractivity contribution in [3.8, 4) is 5.75 Å². The molecule has 0 aliphatic carbocycles. The number of benzene rings is 1. The lowest BCUT2D eigenvalue weighted by Crippen LogP contribution is -2.07. The van der Waals surface area contributed by atoms with Crippen molar-refractivity contribution in [1.82, 2.24) is 0 Å². The normalized spacial score (nSPS) is 11.4. The lowest BCUT2D eigenvalue weighted by molar-refractivity contribution is 0.0973. The Bertz CT molecular complexity index is 414.